The molecule has 10 heteroatoms. The van der Waals surface area contributed by atoms with Gasteiger partial charge in [0.25, 0.3) is 11.8 Å². The third kappa shape index (κ3) is 5.73. The molecular formula is C18H14ClFN4O3S. The molecule has 3 aromatic rings. The molecule has 0 saturated heterocycles. The lowest BCUT2D eigenvalue weighted by Gasteiger charge is -2.06. The zero-order valence-corrected chi connectivity index (χ0v) is 15.9. The summed E-state index contributed by atoms with van der Waals surface area (Å²) in [5.74, 6) is -0.797. The van der Waals surface area contributed by atoms with Crippen molar-refractivity contribution >= 4 is 40.4 Å². The number of ether oxygens (including phenoxy) is 1. The van der Waals surface area contributed by atoms with E-state index in [1.54, 1.807) is 30.3 Å². The Balaban J connectivity index is 1.46. The fourth-order valence-corrected chi connectivity index (χ4v) is 2.87. The number of carbonyl (C=O) groups excluding carboxylic acids is 2. The lowest BCUT2D eigenvalue weighted by Crippen LogP contribution is -2.28. The van der Waals surface area contributed by atoms with Gasteiger partial charge in [0.15, 0.2) is 6.61 Å². The zero-order valence-electron chi connectivity index (χ0n) is 14.3. The van der Waals surface area contributed by atoms with Crippen molar-refractivity contribution in [3.05, 3.63) is 69.4 Å². The molecule has 2 N–H and O–H groups in total. The van der Waals surface area contributed by atoms with Crippen LogP contribution in [0.1, 0.15) is 14.8 Å². The van der Waals surface area contributed by atoms with Crippen LogP contribution in [0.2, 0.25) is 5.02 Å². The molecule has 0 spiro atoms. The Hall–Kier alpha value is -3.04. The lowest BCUT2D eigenvalue weighted by molar-refractivity contribution is -0.123. The second-order valence-electron chi connectivity index (χ2n) is 5.48. The average molecular weight is 421 g/mol. The first-order valence-corrected chi connectivity index (χ1v) is 9.23. The molecule has 0 aliphatic carbocycles. The van der Waals surface area contributed by atoms with Gasteiger partial charge in [-0.15, -0.1) is 10.2 Å². The molecule has 1 heterocycles. The number of nitrogens with zero attached hydrogens (tertiary/aromatic N) is 2. The van der Waals surface area contributed by atoms with E-state index < -0.39 is 11.7 Å². The van der Waals surface area contributed by atoms with Gasteiger partial charge in [0.05, 0.1) is 6.54 Å². The fraction of sp³-hybridized carbons (Fsp3) is 0.111. The highest BCUT2D eigenvalue weighted by Gasteiger charge is 2.14. The maximum absolute atomic E-state index is 13.2. The summed E-state index contributed by atoms with van der Waals surface area (Å²) in [7, 11) is 0. The molecule has 0 unspecified atom stereocenters. The Bertz CT molecular complexity index is 981. The SMILES string of the molecule is O=C(COc1ccc(Cl)cc1)NCc1nnc(C(=O)Nc2cccc(F)c2)s1. The van der Waals surface area contributed by atoms with E-state index in [4.69, 9.17) is 16.3 Å². The first-order chi connectivity index (χ1) is 13.5. The number of hydrogen-bond acceptors (Lipinski definition) is 6. The van der Waals surface area contributed by atoms with Gasteiger partial charge in [-0.1, -0.05) is 29.0 Å². The Kier molecular flexibility index (Phi) is 6.51. The molecule has 2 aromatic carbocycles. The van der Waals surface area contributed by atoms with Gasteiger partial charge in [-0.25, -0.2) is 4.39 Å². The van der Waals surface area contributed by atoms with Crippen molar-refractivity contribution in [2.75, 3.05) is 11.9 Å². The normalized spacial score (nSPS) is 10.4. The largest absolute Gasteiger partial charge is 0.484 e. The van der Waals surface area contributed by atoms with E-state index in [9.17, 15) is 14.0 Å². The number of benzene rings is 2. The Labute approximate surface area is 168 Å². The van der Waals surface area contributed by atoms with E-state index in [0.29, 0.717) is 21.5 Å². The summed E-state index contributed by atoms with van der Waals surface area (Å²) in [6, 6.07) is 12.1. The molecule has 7 nitrogen and oxygen atoms in total. The average Bonchev–Trinajstić information content (AvgIpc) is 3.15. The molecule has 0 saturated carbocycles. The maximum atomic E-state index is 13.2. The number of halogens is 2. The molecule has 2 amide bonds. The van der Waals surface area contributed by atoms with Crippen LogP contribution in [-0.2, 0) is 11.3 Å². The Morgan fingerprint density at radius 2 is 1.93 bits per heavy atom. The number of carbonyl (C=O) groups is 2. The predicted molar refractivity (Wildman–Crippen MR) is 103 cm³/mol. The third-order valence-electron chi connectivity index (χ3n) is 3.36. The number of anilines is 1. The van der Waals surface area contributed by atoms with Crippen LogP contribution >= 0.6 is 22.9 Å². The summed E-state index contributed by atoms with van der Waals surface area (Å²) in [5.41, 5.74) is 0.314. The minimum absolute atomic E-state index is 0.103. The number of amides is 2. The summed E-state index contributed by atoms with van der Waals surface area (Å²) in [6.45, 7) is -0.0684. The van der Waals surface area contributed by atoms with Crippen molar-refractivity contribution in [2.45, 2.75) is 6.54 Å². The third-order valence-corrected chi connectivity index (χ3v) is 4.54. The monoisotopic (exact) mass is 420 g/mol. The van der Waals surface area contributed by atoms with Crippen molar-refractivity contribution in [2.24, 2.45) is 0 Å². The van der Waals surface area contributed by atoms with Crippen LogP contribution in [0.4, 0.5) is 10.1 Å². The van der Waals surface area contributed by atoms with Crippen LogP contribution in [0.5, 0.6) is 5.75 Å². The molecule has 0 aliphatic heterocycles. The van der Waals surface area contributed by atoms with E-state index in [-0.39, 0.29) is 24.1 Å². The minimum Gasteiger partial charge on any atom is -0.484 e. The molecular weight excluding hydrogens is 407 g/mol. The molecule has 3 rings (SSSR count). The van der Waals surface area contributed by atoms with Crippen molar-refractivity contribution in [3.63, 3.8) is 0 Å². The van der Waals surface area contributed by atoms with Gasteiger partial charge in [-0.3, -0.25) is 9.59 Å². The van der Waals surface area contributed by atoms with Gasteiger partial charge in [-0.05, 0) is 42.5 Å². The van der Waals surface area contributed by atoms with E-state index >= 15 is 0 Å². The molecule has 0 fully saturated rings. The molecule has 0 aliphatic rings. The van der Waals surface area contributed by atoms with Crippen LogP contribution in [0.3, 0.4) is 0 Å². The predicted octanol–water partition coefficient (Wildman–Crippen LogP) is 3.28. The number of rotatable bonds is 7. The standard InChI is InChI=1S/C18H14ClFN4O3S/c19-11-4-6-14(7-5-11)27-10-15(25)21-9-16-23-24-18(28-16)17(26)22-13-3-1-2-12(20)8-13/h1-8H,9-10H2,(H,21,25)(H,22,26). The van der Waals surface area contributed by atoms with Crippen LogP contribution in [0, 0.1) is 5.82 Å². The highest BCUT2D eigenvalue weighted by molar-refractivity contribution is 7.13. The van der Waals surface area contributed by atoms with Gasteiger partial charge >= 0.3 is 0 Å². The topological polar surface area (TPSA) is 93.2 Å². The van der Waals surface area contributed by atoms with E-state index in [2.05, 4.69) is 20.8 Å². The molecule has 144 valence electrons. The summed E-state index contributed by atoms with van der Waals surface area (Å²) in [6.07, 6.45) is 0. The highest BCUT2D eigenvalue weighted by atomic mass is 35.5. The first-order valence-electron chi connectivity index (χ1n) is 8.04. The second-order valence-corrected chi connectivity index (χ2v) is 6.98. The quantitative estimate of drug-likeness (QED) is 0.611. The summed E-state index contributed by atoms with van der Waals surface area (Å²) in [5, 5.41) is 13.9. The van der Waals surface area contributed by atoms with Crippen molar-refractivity contribution < 1.29 is 18.7 Å². The fourth-order valence-electron chi connectivity index (χ4n) is 2.07. The number of nitrogens with one attached hydrogen (secondary N) is 2. The number of aromatic nitrogens is 2. The van der Waals surface area contributed by atoms with Crippen LogP contribution in [0.25, 0.3) is 0 Å². The Morgan fingerprint density at radius 1 is 1.14 bits per heavy atom. The maximum Gasteiger partial charge on any atom is 0.286 e. The molecule has 28 heavy (non-hydrogen) atoms. The molecule has 0 radical (unpaired) electrons. The van der Waals surface area contributed by atoms with Gasteiger partial charge in [0.2, 0.25) is 5.01 Å². The van der Waals surface area contributed by atoms with E-state index in [0.717, 1.165) is 11.3 Å². The van der Waals surface area contributed by atoms with E-state index in [1.165, 1.54) is 18.2 Å². The lowest BCUT2D eigenvalue weighted by atomic mass is 10.3. The van der Waals surface area contributed by atoms with Crippen molar-refractivity contribution in [1.82, 2.24) is 15.5 Å². The van der Waals surface area contributed by atoms with Crippen molar-refractivity contribution in [3.8, 4) is 5.75 Å². The van der Waals surface area contributed by atoms with Crippen LogP contribution < -0.4 is 15.4 Å². The summed E-state index contributed by atoms with van der Waals surface area (Å²) in [4.78, 5) is 24.0. The summed E-state index contributed by atoms with van der Waals surface area (Å²) >= 11 is 6.80. The van der Waals surface area contributed by atoms with Gasteiger partial charge in [0.1, 0.15) is 16.6 Å². The van der Waals surface area contributed by atoms with Gasteiger partial charge < -0.3 is 15.4 Å². The van der Waals surface area contributed by atoms with Crippen LogP contribution in [0.15, 0.2) is 48.5 Å². The van der Waals surface area contributed by atoms with Crippen molar-refractivity contribution in [1.29, 1.82) is 0 Å². The molecule has 1 aromatic heterocycles. The smallest absolute Gasteiger partial charge is 0.286 e. The summed E-state index contributed by atoms with van der Waals surface area (Å²) < 4.78 is 18.5. The first kappa shape index (κ1) is 19.7. The van der Waals surface area contributed by atoms with E-state index in [1.807, 2.05) is 0 Å². The zero-order chi connectivity index (χ0) is 19.9. The highest BCUT2D eigenvalue weighted by Crippen LogP contribution is 2.16. The number of hydrogen-bond donors (Lipinski definition) is 2. The Morgan fingerprint density at radius 3 is 2.68 bits per heavy atom. The van der Waals surface area contributed by atoms with Gasteiger partial charge in [-0.2, -0.15) is 0 Å². The van der Waals surface area contributed by atoms with Crippen LogP contribution in [-0.4, -0.2) is 28.6 Å². The molecule has 0 bridgehead atoms. The minimum atomic E-state index is -0.508. The molecule has 0 atom stereocenters. The second kappa shape index (κ2) is 9.25. The van der Waals surface area contributed by atoms with Gasteiger partial charge in [0, 0.05) is 10.7 Å².